The number of rotatable bonds is 3. The second-order valence-corrected chi connectivity index (χ2v) is 8.08. The Balaban J connectivity index is 2.15. The van der Waals surface area contributed by atoms with Gasteiger partial charge in [0, 0.05) is 17.2 Å². The molecule has 2 aromatic rings. The number of fused-ring (bicyclic) bond motifs is 1. The SMILES string of the molecule is [C-]#[N+]c1cc(F)cc(Oc2ccc3c(c2CF)C(O)C(C)(F)S3(=O)=O)c1. The first-order valence-corrected chi connectivity index (χ1v) is 8.81. The van der Waals surface area contributed by atoms with Crippen LogP contribution in [0.4, 0.5) is 18.9 Å². The highest BCUT2D eigenvalue weighted by molar-refractivity contribution is 7.93. The number of nitrogens with zero attached hydrogens (tertiary/aromatic N) is 1. The monoisotopic (exact) mass is 383 g/mol. The zero-order chi connectivity index (χ0) is 19.3. The fourth-order valence-corrected chi connectivity index (χ4v) is 4.42. The van der Waals surface area contributed by atoms with Crippen LogP contribution in [0.15, 0.2) is 35.2 Å². The fourth-order valence-electron chi connectivity index (χ4n) is 2.81. The molecule has 9 heteroatoms. The van der Waals surface area contributed by atoms with E-state index in [1.54, 1.807) is 0 Å². The first kappa shape index (κ1) is 18.2. The number of halogens is 3. The Hall–Kier alpha value is -2.57. The van der Waals surface area contributed by atoms with Gasteiger partial charge in [-0.05, 0) is 31.2 Å². The first-order chi connectivity index (χ1) is 12.1. The van der Waals surface area contributed by atoms with E-state index in [0.29, 0.717) is 6.92 Å². The summed E-state index contributed by atoms with van der Waals surface area (Å²) in [5, 5.41) is 7.09. The Morgan fingerprint density at radius 3 is 2.65 bits per heavy atom. The van der Waals surface area contributed by atoms with E-state index in [4.69, 9.17) is 11.3 Å². The second kappa shape index (κ2) is 6.00. The van der Waals surface area contributed by atoms with Crippen LogP contribution in [-0.4, -0.2) is 18.5 Å². The molecule has 0 spiro atoms. The Morgan fingerprint density at radius 1 is 1.35 bits per heavy atom. The van der Waals surface area contributed by atoms with Gasteiger partial charge in [-0.2, -0.15) is 0 Å². The molecule has 0 radical (unpaired) electrons. The van der Waals surface area contributed by atoms with Crippen LogP contribution in [0.25, 0.3) is 4.85 Å². The van der Waals surface area contributed by atoms with Crippen LogP contribution in [-0.2, 0) is 16.5 Å². The summed E-state index contributed by atoms with van der Waals surface area (Å²) in [6.07, 6.45) is -2.09. The first-order valence-electron chi connectivity index (χ1n) is 7.32. The highest BCUT2D eigenvalue weighted by Gasteiger charge is 2.56. The lowest BCUT2D eigenvalue weighted by Gasteiger charge is -2.18. The topological polar surface area (TPSA) is 68.0 Å². The van der Waals surface area contributed by atoms with Gasteiger partial charge >= 0.3 is 0 Å². The van der Waals surface area contributed by atoms with E-state index in [-0.39, 0.29) is 22.7 Å². The van der Waals surface area contributed by atoms with Gasteiger partial charge in [0.15, 0.2) is 5.69 Å². The summed E-state index contributed by atoms with van der Waals surface area (Å²) in [4.78, 5) is 2.55. The molecule has 5 nitrogen and oxygen atoms in total. The normalized spacial score (nSPS) is 23.3. The number of aliphatic hydroxyl groups excluding tert-OH is 1. The van der Waals surface area contributed by atoms with Gasteiger partial charge in [0.2, 0.25) is 14.8 Å². The molecule has 136 valence electrons. The van der Waals surface area contributed by atoms with Crippen molar-refractivity contribution in [2.45, 2.75) is 29.6 Å². The lowest BCUT2D eigenvalue weighted by atomic mass is 9.99. The smallest absolute Gasteiger partial charge is 0.242 e. The number of hydrogen-bond acceptors (Lipinski definition) is 4. The Labute approximate surface area is 147 Å². The molecule has 0 aromatic heterocycles. The molecule has 1 N–H and O–H groups in total. The highest BCUT2D eigenvalue weighted by atomic mass is 32.2. The number of sulfone groups is 1. The molecule has 2 aromatic carbocycles. The number of ether oxygens (including phenoxy) is 1. The van der Waals surface area contributed by atoms with E-state index in [1.165, 1.54) is 6.07 Å². The van der Waals surface area contributed by atoms with Crippen molar-refractivity contribution in [2.75, 3.05) is 0 Å². The quantitative estimate of drug-likeness (QED) is 0.809. The Bertz CT molecular complexity index is 1040. The molecule has 0 saturated heterocycles. The van der Waals surface area contributed by atoms with Gasteiger partial charge in [0.05, 0.1) is 11.5 Å². The third-order valence-electron chi connectivity index (χ3n) is 4.20. The lowest BCUT2D eigenvalue weighted by Crippen LogP contribution is -2.30. The van der Waals surface area contributed by atoms with Gasteiger partial charge in [-0.15, -0.1) is 0 Å². The lowest BCUT2D eigenvalue weighted by molar-refractivity contribution is 0.0638. The fraction of sp³-hybridized carbons (Fsp3) is 0.235. The molecule has 26 heavy (non-hydrogen) atoms. The average molecular weight is 383 g/mol. The van der Waals surface area contributed by atoms with Crippen molar-refractivity contribution in [2.24, 2.45) is 0 Å². The van der Waals surface area contributed by atoms with E-state index in [9.17, 15) is 26.7 Å². The van der Waals surface area contributed by atoms with Crippen molar-refractivity contribution in [3.8, 4) is 11.5 Å². The molecule has 0 aliphatic carbocycles. The summed E-state index contributed by atoms with van der Waals surface area (Å²) in [7, 11) is -4.51. The Morgan fingerprint density at radius 2 is 2.04 bits per heavy atom. The van der Waals surface area contributed by atoms with Crippen LogP contribution < -0.4 is 4.74 Å². The maximum Gasteiger partial charge on any atom is 0.242 e. The van der Waals surface area contributed by atoms with Crippen LogP contribution in [0.1, 0.15) is 24.2 Å². The summed E-state index contributed by atoms with van der Waals surface area (Å²) in [6, 6.07) is 5.24. The second-order valence-electron chi connectivity index (χ2n) is 5.84. The highest BCUT2D eigenvalue weighted by Crippen LogP contribution is 2.51. The largest absolute Gasteiger partial charge is 0.458 e. The maximum absolute atomic E-state index is 14.5. The molecule has 1 heterocycles. The van der Waals surface area contributed by atoms with Crippen molar-refractivity contribution in [1.82, 2.24) is 0 Å². The summed E-state index contributed by atoms with van der Waals surface area (Å²) < 4.78 is 71.4. The van der Waals surface area contributed by atoms with Crippen molar-refractivity contribution in [1.29, 1.82) is 0 Å². The van der Waals surface area contributed by atoms with Crippen LogP contribution in [0, 0.1) is 12.4 Å². The predicted molar refractivity (Wildman–Crippen MR) is 85.6 cm³/mol. The van der Waals surface area contributed by atoms with E-state index in [1.807, 2.05) is 0 Å². The van der Waals surface area contributed by atoms with E-state index in [2.05, 4.69) is 4.85 Å². The molecule has 1 aliphatic rings. The Kier molecular flexibility index (Phi) is 4.21. The molecule has 2 unspecified atom stereocenters. The van der Waals surface area contributed by atoms with Gasteiger partial charge in [-0.1, -0.05) is 0 Å². The minimum atomic E-state index is -4.51. The maximum atomic E-state index is 14.5. The molecule has 0 saturated carbocycles. The van der Waals surface area contributed by atoms with Gasteiger partial charge in [0.1, 0.15) is 30.1 Å². The molecule has 3 rings (SSSR count). The van der Waals surface area contributed by atoms with Crippen LogP contribution in [0.2, 0.25) is 0 Å². The van der Waals surface area contributed by atoms with E-state index < -0.39 is 43.9 Å². The van der Waals surface area contributed by atoms with Crippen molar-refractivity contribution >= 4 is 15.5 Å². The molecular formula is C17H12F3NO4S. The minimum Gasteiger partial charge on any atom is -0.458 e. The van der Waals surface area contributed by atoms with Gasteiger partial charge in [0.25, 0.3) is 0 Å². The number of alkyl halides is 2. The molecule has 0 amide bonds. The van der Waals surface area contributed by atoms with Crippen molar-refractivity contribution < 1.29 is 31.4 Å². The van der Waals surface area contributed by atoms with E-state index in [0.717, 1.165) is 24.3 Å². The molecular weight excluding hydrogens is 371 g/mol. The molecule has 0 bridgehead atoms. The van der Waals surface area contributed by atoms with Crippen molar-refractivity contribution in [3.05, 3.63) is 58.7 Å². The molecule has 0 fully saturated rings. The van der Waals surface area contributed by atoms with E-state index >= 15 is 0 Å². The number of benzene rings is 2. The minimum absolute atomic E-state index is 0.0538. The number of hydrogen-bond donors (Lipinski definition) is 1. The third-order valence-corrected chi connectivity index (χ3v) is 6.41. The summed E-state index contributed by atoms with van der Waals surface area (Å²) in [6.45, 7) is 6.37. The van der Waals surface area contributed by atoms with Gasteiger partial charge in [-0.3, -0.25) is 0 Å². The molecule has 2 atom stereocenters. The van der Waals surface area contributed by atoms with Crippen LogP contribution in [0.3, 0.4) is 0 Å². The average Bonchev–Trinajstić information content (AvgIpc) is 2.72. The number of aliphatic hydroxyl groups is 1. The standard InChI is InChI=1S/C17H12F3NO4S/c1-17(20)16(22)15-12(8-18)13(3-4-14(15)26(17,23)24)25-11-6-9(19)5-10(7-11)21-2/h3-7,16,22H,8H2,1H3. The van der Waals surface area contributed by atoms with Crippen molar-refractivity contribution in [3.63, 3.8) is 0 Å². The third kappa shape index (κ3) is 2.53. The summed E-state index contributed by atoms with van der Waals surface area (Å²) >= 11 is 0. The molecule has 1 aliphatic heterocycles. The summed E-state index contributed by atoms with van der Waals surface area (Å²) in [5.74, 6) is -1.08. The zero-order valence-electron chi connectivity index (χ0n) is 13.3. The van der Waals surface area contributed by atoms with Crippen LogP contribution in [0.5, 0.6) is 11.5 Å². The van der Waals surface area contributed by atoms with Crippen LogP contribution >= 0.6 is 0 Å². The predicted octanol–water partition coefficient (Wildman–Crippen LogP) is 4.14. The van der Waals surface area contributed by atoms with Gasteiger partial charge < -0.3 is 9.84 Å². The van der Waals surface area contributed by atoms with Gasteiger partial charge in [-0.25, -0.2) is 26.4 Å². The summed E-state index contributed by atoms with van der Waals surface area (Å²) in [5.41, 5.74) is -0.827. The zero-order valence-corrected chi connectivity index (χ0v) is 14.1.